The van der Waals surface area contributed by atoms with Gasteiger partial charge >= 0.3 is 5.97 Å². The zero-order valence-corrected chi connectivity index (χ0v) is 18.5. The number of aromatic hydroxyl groups is 1. The first-order chi connectivity index (χ1) is 15.5. The molecule has 3 amide bonds. The van der Waals surface area contributed by atoms with Gasteiger partial charge < -0.3 is 42.1 Å². The number of benzene rings is 1. The Morgan fingerprint density at radius 1 is 0.848 bits per heavy atom. The Bertz CT molecular complexity index is 815. The number of phenols is 1. The van der Waals surface area contributed by atoms with Crippen LogP contribution in [0.5, 0.6) is 5.75 Å². The fraction of sp³-hybridized carbons (Fsp3) is 0.524. The lowest BCUT2D eigenvalue weighted by atomic mass is 10.0. The number of carboxylic acids is 1. The maximum absolute atomic E-state index is 12.7. The number of carbonyl (C=O) groups is 4. The highest BCUT2D eigenvalue weighted by molar-refractivity contribution is 5.94. The number of carbonyl (C=O) groups excluding carboxylic acids is 3. The number of aliphatic carboxylic acids is 1. The molecule has 0 fully saturated rings. The minimum atomic E-state index is -1.60. The van der Waals surface area contributed by atoms with Crippen LogP contribution in [-0.4, -0.2) is 81.5 Å². The normalized spacial score (nSPS) is 14.6. The number of nitrogens with one attached hydrogen (secondary N) is 3. The number of phenolic OH excluding ortho intramolecular Hbond substituents is 1. The Kier molecular flexibility index (Phi) is 11.3. The molecule has 9 N–H and O–H groups in total. The highest BCUT2D eigenvalue weighted by Gasteiger charge is 2.30. The van der Waals surface area contributed by atoms with E-state index in [2.05, 4.69) is 10.6 Å². The van der Waals surface area contributed by atoms with Crippen molar-refractivity contribution in [3.05, 3.63) is 29.8 Å². The van der Waals surface area contributed by atoms with Crippen LogP contribution < -0.4 is 21.7 Å². The molecule has 1 aromatic rings. The van der Waals surface area contributed by atoms with Crippen molar-refractivity contribution in [1.82, 2.24) is 16.0 Å². The molecule has 0 bridgehead atoms. The van der Waals surface area contributed by atoms with Crippen molar-refractivity contribution in [3.8, 4) is 5.75 Å². The van der Waals surface area contributed by atoms with Gasteiger partial charge in [0, 0.05) is 0 Å². The first-order valence-electron chi connectivity index (χ1n) is 10.4. The largest absolute Gasteiger partial charge is 0.508 e. The second-order valence-corrected chi connectivity index (χ2v) is 7.99. The molecule has 1 aromatic carbocycles. The zero-order chi connectivity index (χ0) is 25.1. The van der Waals surface area contributed by atoms with Crippen LogP contribution in [0.15, 0.2) is 24.3 Å². The molecule has 33 heavy (non-hydrogen) atoms. The number of aliphatic hydroxyl groups excluding tert-OH is 2. The number of hydrogen-bond acceptors (Lipinski definition) is 8. The molecule has 184 valence electrons. The Morgan fingerprint density at radius 3 is 1.82 bits per heavy atom. The van der Waals surface area contributed by atoms with E-state index in [0.29, 0.717) is 5.56 Å². The molecule has 0 aliphatic carbocycles. The van der Waals surface area contributed by atoms with Crippen LogP contribution in [0, 0.1) is 5.92 Å². The van der Waals surface area contributed by atoms with Gasteiger partial charge in [0.05, 0.1) is 19.3 Å². The standard InChI is InChI=1S/C21H32N4O8/c1-11(2)7-15(23-18(29)14(22)8-12-3-5-13(28)6-4-12)19(30)24-16(9-26)20(31)25-17(10-27)21(32)33/h3-6,11,14-17,26-28H,7-10,22H2,1-2H3,(H,23,29)(H,24,30)(H,25,31)(H,32,33). The third kappa shape index (κ3) is 9.43. The van der Waals surface area contributed by atoms with Crippen LogP contribution in [0.3, 0.4) is 0 Å². The molecule has 0 aliphatic rings. The average molecular weight is 469 g/mol. The molecule has 1 rings (SSSR count). The van der Waals surface area contributed by atoms with Crippen molar-refractivity contribution < 1.29 is 39.6 Å². The molecule has 0 saturated carbocycles. The van der Waals surface area contributed by atoms with Gasteiger partial charge in [0.1, 0.15) is 23.9 Å². The minimum Gasteiger partial charge on any atom is -0.508 e. The number of hydrogen-bond donors (Lipinski definition) is 8. The van der Waals surface area contributed by atoms with Crippen LogP contribution in [0.1, 0.15) is 25.8 Å². The molecule has 0 aliphatic heterocycles. The lowest BCUT2D eigenvalue weighted by molar-refractivity contribution is -0.143. The fourth-order valence-corrected chi connectivity index (χ4v) is 2.88. The molecule has 0 saturated heterocycles. The van der Waals surface area contributed by atoms with Crippen molar-refractivity contribution in [2.45, 2.75) is 50.9 Å². The van der Waals surface area contributed by atoms with Gasteiger partial charge in [-0.25, -0.2) is 4.79 Å². The van der Waals surface area contributed by atoms with E-state index in [-0.39, 0.29) is 24.5 Å². The van der Waals surface area contributed by atoms with Gasteiger partial charge in [-0.15, -0.1) is 0 Å². The highest BCUT2D eigenvalue weighted by Crippen LogP contribution is 2.11. The van der Waals surface area contributed by atoms with Gasteiger partial charge in [0.2, 0.25) is 17.7 Å². The number of carboxylic acid groups (broad SMARTS) is 1. The van der Waals surface area contributed by atoms with Gasteiger partial charge in [-0.05, 0) is 36.5 Å². The SMILES string of the molecule is CC(C)CC(NC(=O)C(N)Cc1ccc(O)cc1)C(=O)NC(CO)C(=O)NC(CO)C(=O)O. The summed E-state index contributed by atoms with van der Waals surface area (Å²) in [5.74, 6) is -3.82. The summed E-state index contributed by atoms with van der Waals surface area (Å²) < 4.78 is 0. The molecule has 12 heteroatoms. The quantitative estimate of drug-likeness (QED) is 0.158. The average Bonchev–Trinajstić information content (AvgIpc) is 2.75. The first-order valence-corrected chi connectivity index (χ1v) is 10.4. The first kappa shape index (κ1) is 27.8. The molecular formula is C21H32N4O8. The van der Waals surface area contributed by atoms with Crippen LogP contribution in [-0.2, 0) is 25.6 Å². The zero-order valence-electron chi connectivity index (χ0n) is 18.5. The number of rotatable bonds is 13. The van der Waals surface area contributed by atoms with E-state index in [4.69, 9.17) is 15.9 Å². The fourth-order valence-electron chi connectivity index (χ4n) is 2.88. The van der Waals surface area contributed by atoms with Crippen LogP contribution >= 0.6 is 0 Å². The maximum atomic E-state index is 12.7. The summed E-state index contributed by atoms with van der Waals surface area (Å²) in [4.78, 5) is 48.5. The Balaban J connectivity index is 2.83. The number of amides is 3. The number of aliphatic hydroxyl groups is 2. The third-order valence-electron chi connectivity index (χ3n) is 4.68. The van der Waals surface area contributed by atoms with E-state index < -0.39 is 61.1 Å². The summed E-state index contributed by atoms with van der Waals surface area (Å²) >= 11 is 0. The van der Waals surface area contributed by atoms with E-state index in [1.54, 1.807) is 12.1 Å². The van der Waals surface area contributed by atoms with Gasteiger partial charge in [-0.1, -0.05) is 26.0 Å². The van der Waals surface area contributed by atoms with E-state index in [9.17, 15) is 29.4 Å². The van der Waals surface area contributed by atoms with Crippen molar-refractivity contribution in [2.24, 2.45) is 11.7 Å². The van der Waals surface area contributed by atoms with E-state index in [1.165, 1.54) is 12.1 Å². The van der Waals surface area contributed by atoms with E-state index >= 15 is 0 Å². The predicted octanol–water partition coefficient (Wildman–Crippen LogP) is -2.17. The molecule has 0 radical (unpaired) electrons. The lowest BCUT2D eigenvalue weighted by Gasteiger charge is -2.25. The molecule has 0 heterocycles. The molecule has 0 aromatic heterocycles. The second kappa shape index (κ2) is 13.4. The number of nitrogens with two attached hydrogens (primary N) is 1. The van der Waals surface area contributed by atoms with Gasteiger partial charge in [-0.3, -0.25) is 14.4 Å². The third-order valence-corrected chi connectivity index (χ3v) is 4.68. The molecule has 4 atom stereocenters. The van der Waals surface area contributed by atoms with Gasteiger partial charge in [0.25, 0.3) is 0 Å². The second-order valence-electron chi connectivity index (χ2n) is 7.99. The summed E-state index contributed by atoms with van der Waals surface area (Å²) in [6.07, 6.45) is 0.360. The molecule has 12 nitrogen and oxygen atoms in total. The molecule has 4 unspecified atom stereocenters. The smallest absolute Gasteiger partial charge is 0.328 e. The van der Waals surface area contributed by atoms with Crippen LogP contribution in [0.25, 0.3) is 0 Å². The minimum absolute atomic E-state index is 0.0263. The maximum Gasteiger partial charge on any atom is 0.328 e. The monoisotopic (exact) mass is 468 g/mol. The molecule has 0 spiro atoms. The summed E-state index contributed by atoms with van der Waals surface area (Å²) in [7, 11) is 0. The van der Waals surface area contributed by atoms with Crippen molar-refractivity contribution in [1.29, 1.82) is 0 Å². The van der Waals surface area contributed by atoms with Crippen molar-refractivity contribution >= 4 is 23.7 Å². The predicted molar refractivity (Wildman–Crippen MR) is 117 cm³/mol. The summed E-state index contributed by atoms with van der Waals surface area (Å²) in [5.41, 5.74) is 6.65. The Labute approximate surface area is 191 Å². The van der Waals surface area contributed by atoms with Crippen molar-refractivity contribution in [3.63, 3.8) is 0 Å². The summed E-state index contributed by atoms with van der Waals surface area (Å²) in [5, 5.41) is 43.6. The molecular weight excluding hydrogens is 436 g/mol. The van der Waals surface area contributed by atoms with Crippen LogP contribution in [0.4, 0.5) is 0 Å². The van der Waals surface area contributed by atoms with E-state index in [0.717, 1.165) is 0 Å². The summed E-state index contributed by atoms with van der Waals surface area (Å²) in [6.45, 7) is 1.92. The van der Waals surface area contributed by atoms with E-state index in [1.807, 2.05) is 19.2 Å². The summed E-state index contributed by atoms with van der Waals surface area (Å²) in [6, 6.07) is 0.981. The lowest BCUT2D eigenvalue weighted by Crippen LogP contribution is -2.58. The Hall–Kier alpha value is -3.22. The Morgan fingerprint density at radius 2 is 1.33 bits per heavy atom. The van der Waals surface area contributed by atoms with Gasteiger partial charge in [-0.2, -0.15) is 0 Å². The van der Waals surface area contributed by atoms with Gasteiger partial charge in [0.15, 0.2) is 0 Å². The topological polar surface area (TPSA) is 211 Å². The highest BCUT2D eigenvalue weighted by atomic mass is 16.4. The van der Waals surface area contributed by atoms with Crippen molar-refractivity contribution in [2.75, 3.05) is 13.2 Å². The van der Waals surface area contributed by atoms with Crippen LogP contribution in [0.2, 0.25) is 0 Å².